The highest BCUT2D eigenvalue weighted by molar-refractivity contribution is 7.85. The molecule has 0 unspecified atom stereocenters. The molecule has 0 radical (unpaired) electrons. The highest BCUT2D eigenvalue weighted by Crippen LogP contribution is 2.08. The van der Waals surface area contributed by atoms with Crippen molar-refractivity contribution < 1.29 is 9.00 Å². The third-order valence-corrected chi connectivity index (χ3v) is 3.80. The normalized spacial score (nSPS) is 27.4. The zero-order valence-electron chi connectivity index (χ0n) is 8.33. The van der Waals surface area contributed by atoms with Crippen LogP contribution in [-0.4, -0.2) is 34.2 Å². The molecule has 3 N–H and O–H groups in total. The van der Waals surface area contributed by atoms with Crippen molar-refractivity contribution in [3.8, 4) is 0 Å². The number of nitrogens with one attached hydrogen (secondary N) is 1. The number of carbonyl (C=O) groups is 1. The van der Waals surface area contributed by atoms with Crippen molar-refractivity contribution in [1.82, 2.24) is 5.32 Å². The van der Waals surface area contributed by atoms with Gasteiger partial charge in [-0.25, -0.2) is 0 Å². The molecule has 1 fully saturated rings. The molecule has 0 aliphatic carbocycles. The van der Waals surface area contributed by atoms with Gasteiger partial charge in [-0.2, -0.15) is 0 Å². The zero-order valence-corrected chi connectivity index (χ0v) is 9.15. The van der Waals surface area contributed by atoms with E-state index in [-0.39, 0.29) is 5.91 Å². The number of primary amides is 1. The molecule has 14 heavy (non-hydrogen) atoms. The Balaban J connectivity index is 2.02. The second-order valence-corrected chi connectivity index (χ2v) is 5.34. The lowest BCUT2D eigenvalue weighted by Gasteiger charge is -2.22. The molecular weight excluding hydrogens is 200 g/mol. The summed E-state index contributed by atoms with van der Waals surface area (Å²) in [5.74, 6) is 1.39. The lowest BCUT2D eigenvalue weighted by Crippen LogP contribution is -2.36. The van der Waals surface area contributed by atoms with Crippen LogP contribution in [0.4, 0.5) is 0 Å². The summed E-state index contributed by atoms with van der Waals surface area (Å²) in [5.41, 5.74) is 5.02. The van der Waals surface area contributed by atoms with E-state index in [0.717, 1.165) is 37.3 Å². The lowest BCUT2D eigenvalue weighted by atomic mass is 10.1. The minimum atomic E-state index is -0.590. The first-order valence-corrected chi connectivity index (χ1v) is 6.54. The number of nitrogens with two attached hydrogens (primary N) is 1. The van der Waals surface area contributed by atoms with Gasteiger partial charge in [0.15, 0.2) is 0 Å². The van der Waals surface area contributed by atoms with Gasteiger partial charge in [-0.05, 0) is 25.8 Å². The van der Waals surface area contributed by atoms with E-state index in [1.807, 2.05) is 0 Å². The Kier molecular flexibility index (Phi) is 5.11. The molecule has 0 aromatic carbocycles. The van der Waals surface area contributed by atoms with Gasteiger partial charge in [-0.15, -0.1) is 0 Å². The van der Waals surface area contributed by atoms with Crippen LogP contribution in [-0.2, 0) is 15.6 Å². The average Bonchev–Trinajstić information content (AvgIpc) is 2.15. The van der Waals surface area contributed by atoms with Crippen LogP contribution in [0.1, 0.15) is 25.7 Å². The molecule has 1 aliphatic heterocycles. The maximum absolute atomic E-state index is 11.1. The standard InChI is InChI=1S/C9H18N2O2S/c10-9(12)2-1-5-11-8-3-6-14(13)7-4-8/h8,11H,1-7H2,(H2,10,12). The van der Waals surface area contributed by atoms with E-state index in [2.05, 4.69) is 5.32 Å². The Morgan fingerprint density at radius 1 is 1.43 bits per heavy atom. The Labute approximate surface area is 87.1 Å². The Bertz CT molecular complexity index is 211. The number of rotatable bonds is 5. The van der Waals surface area contributed by atoms with Crippen molar-refractivity contribution in [1.29, 1.82) is 0 Å². The SMILES string of the molecule is NC(=O)CCCNC1CCS(=O)CC1. The second-order valence-electron chi connectivity index (χ2n) is 3.65. The van der Waals surface area contributed by atoms with Crippen LogP contribution in [0.2, 0.25) is 0 Å². The fourth-order valence-electron chi connectivity index (χ4n) is 1.57. The van der Waals surface area contributed by atoms with E-state index in [1.54, 1.807) is 0 Å². The summed E-state index contributed by atoms with van der Waals surface area (Å²) in [6.45, 7) is 0.834. The lowest BCUT2D eigenvalue weighted by molar-refractivity contribution is -0.118. The quantitative estimate of drug-likeness (QED) is 0.625. The smallest absolute Gasteiger partial charge is 0.217 e. The van der Waals surface area contributed by atoms with Crippen LogP contribution in [0.15, 0.2) is 0 Å². The van der Waals surface area contributed by atoms with Gasteiger partial charge >= 0.3 is 0 Å². The van der Waals surface area contributed by atoms with E-state index in [0.29, 0.717) is 12.5 Å². The molecular formula is C9H18N2O2S. The van der Waals surface area contributed by atoms with Gasteiger partial charge in [-0.1, -0.05) is 0 Å². The van der Waals surface area contributed by atoms with Gasteiger partial charge < -0.3 is 11.1 Å². The average molecular weight is 218 g/mol. The van der Waals surface area contributed by atoms with E-state index in [1.165, 1.54) is 0 Å². The van der Waals surface area contributed by atoms with Gasteiger partial charge in [0.05, 0.1) is 0 Å². The molecule has 0 aromatic rings. The summed E-state index contributed by atoms with van der Waals surface area (Å²) in [6, 6.07) is 0.487. The first-order chi connectivity index (χ1) is 6.68. The van der Waals surface area contributed by atoms with Crippen LogP contribution in [0.3, 0.4) is 0 Å². The van der Waals surface area contributed by atoms with Crippen LogP contribution in [0.5, 0.6) is 0 Å². The molecule has 0 bridgehead atoms. The van der Waals surface area contributed by atoms with Crippen molar-refractivity contribution >= 4 is 16.7 Å². The fraction of sp³-hybridized carbons (Fsp3) is 0.889. The van der Waals surface area contributed by atoms with E-state index >= 15 is 0 Å². The molecule has 1 amide bonds. The first-order valence-electron chi connectivity index (χ1n) is 5.05. The highest BCUT2D eigenvalue weighted by atomic mass is 32.2. The number of carbonyl (C=O) groups excluding carboxylic acids is 1. The van der Waals surface area contributed by atoms with Crippen LogP contribution in [0, 0.1) is 0 Å². The van der Waals surface area contributed by atoms with Gasteiger partial charge in [0.25, 0.3) is 0 Å². The van der Waals surface area contributed by atoms with E-state index in [9.17, 15) is 9.00 Å². The van der Waals surface area contributed by atoms with Crippen LogP contribution < -0.4 is 11.1 Å². The molecule has 0 saturated carbocycles. The Morgan fingerprint density at radius 2 is 2.07 bits per heavy atom. The van der Waals surface area contributed by atoms with Crippen molar-refractivity contribution in [2.45, 2.75) is 31.7 Å². The van der Waals surface area contributed by atoms with E-state index < -0.39 is 10.8 Å². The molecule has 4 nitrogen and oxygen atoms in total. The molecule has 0 spiro atoms. The maximum Gasteiger partial charge on any atom is 0.217 e. The van der Waals surface area contributed by atoms with Crippen molar-refractivity contribution in [2.24, 2.45) is 5.73 Å². The summed E-state index contributed by atoms with van der Waals surface area (Å²) >= 11 is 0. The van der Waals surface area contributed by atoms with Crippen molar-refractivity contribution in [3.63, 3.8) is 0 Å². The van der Waals surface area contributed by atoms with Crippen molar-refractivity contribution in [3.05, 3.63) is 0 Å². The third-order valence-electron chi connectivity index (χ3n) is 2.42. The maximum atomic E-state index is 11.1. The highest BCUT2D eigenvalue weighted by Gasteiger charge is 2.16. The predicted molar refractivity (Wildman–Crippen MR) is 57.3 cm³/mol. The third kappa shape index (κ3) is 4.72. The molecule has 1 aliphatic rings. The summed E-state index contributed by atoms with van der Waals surface area (Å²) in [4.78, 5) is 10.4. The minimum absolute atomic E-state index is 0.239. The van der Waals surface area contributed by atoms with Gasteiger partial charge in [0, 0.05) is 34.8 Å². The number of hydrogen-bond acceptors (Lipinski definition) is 3. The van der Waals surface area contributed by atoms with E-state index in [4.69, 9.17) is 5.73 Å². The first kappa shape index (κ1) is 11.7. The summed E-state index contributed by atoms with van der Waals surface area (Å²) < 4.78 is 11.1. The summed E-state index contributed by atoms with van der Waals surface area (Å²) in [5, 5.41) is 3.36. The largest absolute Gasteiger partial charge is 0.370 e. The van der Waals surface area contributed by atoms with Gasteiger partial charge in [0.1, 0.15) is 0 Å². The van der Waals surface area contributed by atoms with Gasteiger partial charge in [0.2, 0.25) is 5.91 Å². The number of amides is 1. The summed E-state index contributed by atoms with van der Waals surface area (Å²) in [7, 11) is -0.590. The second kappa shape index (κ2) is 6.14. The number of hydrogen-bond donors (Lipinski definition) is 2. The molecule has 5 heteroatoms. The Hall–Kier alpha value is -0.420. The molecule has 0 atom stereocenters. The topological polar surface area (TPSA) is 72.2 Å². The molecule has 0 aromatic heterocycles. The zero-order chi connectivity index (χ0) is 10.4. The minimum Gasteiger partial charge on any atom is -0.370 e. The van der Waals surface area contributed by atoms with Crippen LogP contribution >= 0.6 is 0 Å². The molecule has 1 saturated heterocycles. The van der Waals surface area contributed by atoms with Crippen molar-refractivity contribution in [2.75, 3.05) is 18.1 Å². The predicted octanol–water partition coefficient (Wildman–Crippen LogP) is -0.247. The Morgan fingerprint density at radius 3 is 2.64 bits per heavy atom. The molecule has 1 heterocycles. The monoisotopic (exact) mass is 218 g/mol. The fourth-order valence-corrected chi connectivity index (χ4v) is 2.87. The van der Waals surface area contributed by atoms with Gasteiger partial charge in [-0.3, -0.25) is 9.00 Å². The molecule has 82 valence electrons. The van der Waals surface area contributed by atoms with Crippen LogP contribution in [0.25, 0.3) is 0 Å². The summed E-state index contributed by atoms with van der Waals surface area (Å²) in [6.07, 6.45) is 3.23. The molecule has 1 rings (SSSR count).